The van der Waals surface area contributed by atoms with E-state index in [0.717, 1.165) is 15.7 Å². The molecular formula is C24H27ClN4O5. The summed E-state index contributed by atoms with van der Waals surface area (Å²) in [6.45, 7) is 7.34. The molecule has 0 bridgehead atoms. The molecule has 0 unspecified atom stereocenters. The number of aromatic nitrogens is 3. The summed E-state index contributed by atoms with van der Waals surface area (Å²) in [5, 5.41) is 12.5. The highest BCUT2D eigenvalue weighted by Crippen LogP contribution is 2.29. The molecule has 0 fully saturated rings. The highest BCUT2D eigenvalue weighted by Gasteiger charge is 2.20. The summed E-state index contributed by atoms with van der Waals surface area (Å²) < 4.78 is 7.81. The lowest BCUT2D eigenvalue weighted by molar-refractivity contribution is -0.137. The Kier molecular flexibility index (Phi) is 7.78. The largest absolute Gasteiger partial charge is 0.489 e. The first-order chi connectivity index (χ1) is 16.0. The number of nitrogens with one attached hydrogen (secondary N) is 1. The van der Waals surface area contributed by atoms with Gasteiger partial charge in [-0.3, -0.25) is 9.36 Å². The fourth-order valence-electron chi connectivity index (χ4n) is 3.40. The number of nitrogens with zero attached hydrogens (tertiary/aromatic N) is 3. The molecule has 180 valence electrons. The highest BCUT2D eigenvalue weighted by atomic mass is 35.5. The zero-order valence-corrected chi connectivity index (χ0v) is 20.2. The summed E-state index contributed by atoms with van der Waals surface area (Å²) in [4.78, 5) is 41.3. The maximum Gasteiger partial charge on any atom is 0.355 e. The second-order valence-electron chi connectivity index (χ2n) is 8.33. The average molecular weight is 487 g/mol. The predicted molar refractivity (Wildman–Crippen MR) is 131 cm³/mol. The number of rotatable bonds is 9. The van der Waals surface area contributed by atoms with Gasteiger partial charge in [-0.15, -0.1) is 0 Å². The Hall–Kier alpha value is -3.59. The lowest BCUT2D eigenvalue weighted by Gasteiger charge is -2.19. The van der Waals surface area contributed by atoms with Crippen molar-refractivity contribution in [2.75, 3.05) is 5.32 Å². The van der Waals surface area contributed by atoms with Crippen LogP contribution in [0.5, 0.6) is 5.75 Å². The Morgan fingerprint density at radius 3 is 2.41 bits per heavy atom. The van der Waals surface area contributed by atoms with Gasteiger partial charge in [0.15, 0.2) is 0 Å². The van der Waals surface area contributed by atoms with Crippen molar-refractivity contribution in [3.8, 4) is 5.75 Å². The van der Waals surface area contributed by atoms with Crippen molar-refractivity contribution in [1.29, 1.82) is 0 Å². The van der Waals surface area contributed by atoms with E-state index in [1.54, 1.807) is 18.2 Å². The zero-order valence-electron chi connectivity index (χ0n) is 19.4. The van der Waals surface area contributed by atoms with E-state index < -0.39 is 23.4 Å². The van der Waals surface area contributed by atoms with Gasteiger partial charge in [-0.2, -0.15) is 4.98 Å². The molecule has 0 aliphatic carbocycles. The number of hydrogen-bond donors (Lipinski definition) is 2. The number of hydrogen-bond acceptors (Lipinski definition) is 6. The molecule has 9 nitrogen and oxygen atoms in total. The number of aliphatic carboxylic acids is 1. The Balaban J connectivity index is 2.07. The molecule has 3 rings (SSSR count). The number of ether oxygens (including phenoxy) is 1. The van der Waals surface area contributed by atoms with Gasteiger partial charge in [0.2, 0.25) is 5.95 Å². The molecule has 1 aromatic heterocycles. The van der Waals surface area contributed by atoms with Crippen LogP contribution in [0.15, 0.2) is 52.1 Å². The number of carbonyl (C=O) groups is 1. The smallest absolute Gasteiger partial charge is 0.355 e. The summed E-state index contributed by atoms with van der Waals surface area (Å²) in [7, 11) is 0. The van der Waals surface area contributed by atoms with Gasteiger partial charge in [-0.05, 0) is 51.5 Å². The number of aryl methyl sites for hydroxylation is 1. The fourth-order valence-corrected chi connectivity index (χ4v) is 3.62. The first-order valence-corrected chi connectivity index (χ1v) is 11.2. The van der Waals surface area contributed by atoms with Crippen LogP contribution < -0.4 is 21.4 Å². The van der Waals surface area contributed by atoms with Crippen LogP contribution in [-0.4, -0.2) is 31.3 Å². The highest BCUT2D eigenvalue weighted by molar-refractivity contribution is 6.32. The minimum Gasteiger partial charge on any atom is -0.489 e. The van der Waals surface area contributed by atoms with Gasteiger partial charge in [-0.1, -0.05) is 41.4 Å². The fraction of sp³-hybridized carbons (Fsp3) is 0.333. The van der Waals surface area contributed by atoms with Gasteiger partial charge >= 0.3 is 17.3 Å². The molecule has 0 amide bonds. The van der Waals surface area contributed by atoms with E-state index in [4.69, 9.17) is 21.4 Å². The van der Waals surface area contributed by atoms with Gasteiger partial charge in [0.25, 0.3) is 0 Å². The molecular weight excluding hydrogens is 460 g/mol. The van der Waals surface area contributed by atoms with Crippen LogP contribution in [-0.2, 0) is 11.3 Å². The minimum atomic E-state index is -1.12. The van der Waals surface area contributed by atoms with E-state index in [-0.39, 0.29) is 25.0 Å². The van der Waals surface area contributed by atoms with Crippen molar-refractivity contribution in [3.05, 3.63) is 79.6 Å². The van der Waals surface area contributed by atoms with Crippen molar-refractivity contribution in [2.24, 2.45) is 0 Å². The van der Waals surface area contributed by atoms with Crippen molar-refractivity contribution >= 4 is 29.2 Å². The first kappa shape index (κ1) is 25.0. The van der Waals surface area contributed by atoms with Gasteiger partial charge in [0.1, 0.15) is 5.75 Å². The van der Waals surface area contributed by atoms with Crippen LogP contribution in [0.1, 0.15) is 44.4 Å². The minimum absolute atomic E-state index is 0.0166. The summed E-state index contributed by atoms with van der Waals surface area (Å²) in [6, 6.07) is 11.7. The summed E-state index contributed by atoms with van der Waals surface area (Å²) >= 11 is 6.33. The van der Waals surface area contributed by atoms with E-state index in [2.05, 4.69) is 10.3 Å². The molecule has 2 aromatic carbocycles. The lowest BCUT2D eigenvalue weighted by atomic mass is 10.1. The molecule has 0 spiro atoms. The van der Waals surface area contributed by atoms with Crippen LogP contribution in [0.2, 0.25) is 5.02 Å². The number of halogens is 1. The second-order valence-corrected chi connectivity index (χ2v) is 8.73. The monoisotopic (exact) mass is 486 g/mol. The normalized spacial score (nSPS) is 11.9. The Morgan fingerprint density at radius 2 is 1.82 bits per heavy atom. The number of benzene rings is 2. The van der Waals surface area contributed by atoms with Crippen molar-refractivity contribution in [2.45, 2.75) is 52.8 Å². The topological polar surface area (TPSA) is 115 Å². The van der Waals surface area contributed by atoms with Gasteiger partial charge in [0.05, 0.1) is 30.1 Å². The van der Waals surface area contributed by atoms with Crippen LogP contribution >= 0.6 is 11.6 Å². The third-order valence-electron chi connectivity index (χ3n) is 5.02. The molecule has 0 aliphatic heterocycles. The van der Waals surface area contributed by atoms with E-state index in [1.807, 2.05) is 45.0 Å². The van der Waals surface area contributed by atoms with E-state index in [9.17, 15) is 14.4 Å². The quantitative estimate of drug-likeness (QED) is 0.470. The molecule has 2 N–H and O–H groups in total. The van der Waals surface area contributed by atoms with Crippen LogP contribution in [0.25, 0.3) is 0 Å². The maximum atomic E-state index is 13.3. The zero-order chi connectivity index (χ0) is 25.0. The third-order valence-corrected chi connectivity index (χ3v) is 5.32. The van der Waals surface area contributed by atoms with Crippen LogP contribution in [0, 0.1) is 6.92 Å². The average Bonchev–Trinajstić information content (AvgIpc) is 2.73. The molecule has 1 heterocycles. The summed E-state index contributed by atoms with van der Waals surface area (Å²) in [5.74, 6) is -0.600. The standard InChI is InChI=1S/C24H27ClN4O5/c1-14(2)34-20-10-9-18(12-19(20)25)26-22-27-23(32)29(16(4)11-21(30)31)24(33)28(22)13-17-7-5-15(3)6-8-17/h5-10,12,14,16H,11,13H2,1-4H3,(H,30,31)(H,26,27,32)/t16-/m0/s1. The van der Waals surface area contributed by atoms with Crippen LogP contribution in [0.3, 0.4) is 0 Å². The third kappa shape index (κ3) is 6.05. The molecule has 10 heteroatoms. The number of carboxylic acids is 1. The maximum absolute atomic E-state index is 13.3. The molecule has 3 aromatic rings. The van der Waals surface area contributed by atoms with Crippen molar-refractivity contribution < 1.29 is 14.6 Å². The van der Waals surface area contributed by atoms with E-state index >= 15 is 0 Å². The molecule has 1 atom stereocenters. The molecule has 34 heavy (non-hydrogen) atoms. The predicted octanol–water partition coefficient (Wildman–Crippen LogP) is 3.98. The van der Waals surface area contributed by atoms with Gasteiger partial charge in [0, 0.05) is 5.69 Å². The van der Waals surface area contributed by atoms with Crippen molar-refractivity contribution in [3.63, 3.8) is 0 Å². The van der Waals surface area contributed by atoms with E-state index in [0.29, 0.717) is 16.5 Å². The second kappa shape index (κ2) is 10.6. The number of carboxylic acid groups (broad SMARTS) is 1. The Morgan fingerprint density at radius 1 is 1.15 bits per heavy atom. The SMILES string of the molecule is Cc1ccc(Cn2c(Nc3ccc(OC(C)C)c(Cl)c3)nc(=O)n([C@@H](C)CC(=O)O)c2=O)cc1. The van der Waals surface area contributed by atoms with E-state index in [1.165, 1.54) is 11.5 Å². The molecule has 0 saturated carbocycles. The summed E-state index contributed by atoms with van der Waals surface area (Å²) in [6.07, 6.45) is -0.445. The molecule has 0 aliphatic rings. The lowest BCUT2D eigenvalue weighted by Crippen LogP contribution is -2.44. The van der Waals surface area contributed by atoms with Gasteiger partial charge < -0.3 is 15.2 Å². The first-order valence-electron chi connectivity index (χ1n) is 10.8. The van der Waals surface area contributed by atoms with Crippen LogP contribution in [0.4, 0.5) is 11.6 Å². The van der Waals surface area contributed by atoms with Crippen molar-refractivity contribution in [1.82, 2.24) is 14.1 Å². The number of anilines is 2. The Labute approximate surface area is 201 Å². The summed E-state index contributed by atoms with van der Waals surface area (Å²) in [5.41, 5.74) is 0.870. The molecule has 0 saturated heterocycles. The molecule has 0 radical (unpaired) electrons. The van der Waals surface area contributed by atoms with Gasteiger partial charge in [-0.25, -0.2) is 14.2 Å². The Bertz CT molecular complexity index is 1300.